The maximum absolute atomic E-state index is 13.2. The highest BCUT2D eigenvalue weighted by Gasteiger charge is 2.36. The van der Waals surface area contributed by atoms with Crippen LogP contribution < -0.4 is 5.56 Å². The van der Waals surface area contributed by atoms with Gasteiger partial charge in [-0.2, -0.15) is 4.31 Å². The first-order valence-electron chi connectivity index (χ1n) is 11.0. The second-order valence-corrected chi connectivity index (χ2v) is 10.4. The number of aromatic nitrogens is 2. The Kier molecular flexibility index (Phi) is 6.20. The van der Waals surface area contributed by atoms with Crippen molar-refractivity contribution in [3.63, 3.8) is 0 Å². The van der Waals surface area contributed by atoms with Crippen molar-refractivity contribution < 1.29 is 8.42 Å². The Morgan fingerprint density at radius 1 is 1.09 bits per heavy atom. The van der Waals surface area contributed by atoms with Crippen molar-refractivity contribution in [1.82, 2.24) is 18.8 Å². The van der Waals surface area contributed by atoms with Crippen LogP contribution in [0.1, 0.15) is 37.7 Å². The lowest BCUT2D eigenvalue weighted by Gasteiger charge is -2.42. The largest absolute Gasteiger partial charge is 0.298 e. The van der Waals surface area contributed by atoms with Crippen molar-refractivity contribution in [2.45, 2.75) is 44.2 Å². The predicted octanol–water partition coefficient (Wildman–Crippen LogP) is 3.09. The average molecular weight is 455 g/mol. The van der Waals surface area contributed by atoms with Crippen molar-refractivity contribution in [3.05, 3.63) is 70.3 Å². The topological polar surface area (TPSA) is 75.5 Å². The van der Waals surface area contributed by atoms with Crippen LogP contribution in [0.3, 0.4) is 0 Å². The number of sulfonamides is 1. The zero-order valence-electron chi connectivity index (χ0n) is 19.0. The van der Waals surface area contributed by atoms with Crippen molar-refractivity contribution in [3.8, 4) is 0 Å². The maximum Gasteiger partial charge on any atom is 0.261 e. The highest BCUT2D eigenvalue weighted by molar-refractivity contribution is 7.89. The summed E-state index contributed by atoms with van der Waals surface area (Å²) in [4.78, 5) is 20.3. The summed E-state index contributed by atoms with van der Waals surface area (Å²) in [5.41, 5.74) is 1.66. The molecule has 2 heterocycles. The summed E-state index contributed by atoms with van der Waals surface area (Å²) in [6, 6.07) is 14.1. The molecule has 1 saturated heterocycles. The summed E-state index contributed by atoms with van der Waals surface area (Å²) in [5, 5.41) is 0.607. The van der Waals surface area contributed by atoms with Gasteiger partial charge in [-0.1, -0.05) is 36.8 Å². The van der Waals surface area contributed by atoms with Gasteiger partial charge in [0.05, 0.1) is 21.8 Å². The minimum absolute atomic E-state index is 0.0577. The Morgan fingerprint density at radius 3 is 2.44 bits per heavy atom. The standard InChI is InChI=1S/C24H30N4O3S/c1-5-22(23-25-21-9-7-6-8-20(21)24(29)26(23)4)27-14-15-28(18(3)16-27)32(30,31)19-12-10-17(2)11-13-19/h6-13,18,22H,5,14-16H2,1-4H3. The molecule has 0 amide bonds. The molecule has 8 heteroatoms. The Labute approximate surface area is 189 Å². The van der Waals surface area contributed by atoms with E-state index < -0.39 is 10.0 Å². The van der Waals surface area contributed by atoms with E-state index in [0.29, 0.717) is 35.4 Å². The van der Waals surface area contributed by atoms with Gasteiger partial charge in [-0.05, 0) is 44.5 Å². The molecule has 2 unspecified atom stereocenters. The molecule has 4 rings (SSSR count). The fourth-order valence-corrected chi connectivity index (χ4v) is 6.21. The van der Waals surface area contributed by atoms with Gasteiger partial charge in [0.25, 0.3) is 5.56 Å². The van der Waals surface area contributed by atoms with E-state index >= 15 is 0 Å². The quantitative estimate of drug-likeness (QED) is 0.592. The summed E-state index contributed by atoms with van der Waals surface area (Å²) in [7, 11) is -1.79. The fourth-order valence-electron chi connectivity index (χ4n) is 4.59. The summed E-state index contributed by atoms with van der Waals surface area (Å²) in [6.45, 7) is 7.51. The number of hydrogen-bond acceptors (Lipinski definition) is 5. The van der Waals surface area contributed by atoms with Crippen LogP contribution in [0.15, 0.2) is 58.2 Å². The molecule has 1 aromatic heterocycles. The van der Waals surface area contributed by atoms with Gasteiger partial charge < -0.3 is 0 Å². The number of piperazine rings is 1. The Morgan fingerprint density at radius 2 is 1.78 bits per heavy atom. The number of fused-ring (bicyclic) bond motifs is 1. The van der Waals surface area contributed by atoms with Crippen LogP contribution in [0, 0.1) is 6.92 Å². The fraction of sp³-hybridized carbons (Fsp3) is 0.417. The average Bonchev–Trinajstić information content (AvgIpc) is 2.78. The van der Waals surface area contributed by atoms with Crippen LogP contribution >= 0.6 is 0 Å². The minimum atomic E-state index is -3.56. The van der Waals surface area contributed by atoms with Crippen LogP contribution in [-0.4, -0.2) is 52.9 Å². The Balaban J connectivity index is 1.61. The van der Waals surface area contributed by atoms with E-state index in [1.165, 1.54) is 0 Å². The highest BCUT2D eigenvalue weighted by Crippen LogP contribution is 2.28. The van der Waals surface area contributed by atoms with Crippen LogP contribution in [0.5, 0.6) is 0 Å². The third-order valence-electron chi connectivity index (χ3n) is 6.37. The summed E-state index contributed by atoms with van der Waals surface area (Å²) >= 11 is 0. The molecule has 1 aliphatic heterocycles. The number of rotatable bonds is 5. The number of aryl methyl sites for hydroxylation is 1. The van der Waals surface area contributed by atoms with Gasteiger partial charge in [0.15, 0.2) is 0 Å². The molecular formula is C24H30N4O3S. The van der Waals surface area contributed by atoms with Crippen LogP contribution in [-0.2, 0) is 17.1 Å². The first-order chi connectivity index (χ1) is 15.2. The van der Waals surface area contributed by atoms with Crippen LogP contribution in [0.2, 0.25) is 0 Å². The minimum Gasteiger partial charge on any atom is -0.298 e. The van der Waals surface area contributed by atoms with E-state index in [9.17, 15) is 13.2 Å². The van der Waals surface area contributed by atoms with E-state index in [-0.39, 0.29) is 17.6 Å². The van der Waals surface area contributed by atoms with Crippen molar-refractivity contribution in [2.24, 2.45) is 7.05 Å². The van der Waals surface area contributed by atoms with Crippen LogP contribution in [0.4, 0.5) is 0 Å². The molecule has 0 saturated carbocycles. The molecule has 170 valence electrons. The van der Waals surface area contributed by atoms with Gasteiger partial charge in [0.1, 0.15) is 5.82 Å². The van der Waals surface area contributed by atoms with E-state index in [4.69, 9.17) is 4.98 Å². The van der Waals surface area contributed by atoms with E-state index in [1.807, 2.05) is 44.2 Å². The molecule has 0 radical (unpaired) electrons. The first kappa shape index (κ1) is 22.6. The zero-order chi connectivity index (χ0) is 23.0. The van der Waals surface area contributed by atoms with Gasteiger partial charge in [-0.15, -0.1) is 0 Å². The highest BCUT2D eigenvalue weighted by atomic mass is 32.2. The third-order valence-corrected chi connectivity index (χ3v) is 8.40. The lowest BCUT2D eigenvalue weighted by atomic mass is 10.1. The Hall–Kier alpha value is -2.55. The number of benzene rings is 2. The SMILES string of the molecule is CCC(c1nc2ccccc2c(=O)n1C)N1CCN(S(=O)(=O)c2ccc(C)cc2)C(C)C1. The third kappa shape index (κ3) is 3.98. The lowest BCUT2D eigenvalue weighted by molar-refractivity contribution is 0.0938. The van der Waals surface area contributed by atoms with Crippen molar-refractivity contribution >= 4 is 20.9 Å². The smallest absolute Gasteiger partial charge is 0.261 e. The molecule has 0 aliphatic carbocycles. The number of hydrogen-bond donors (Lipinski definition) is 0. The molecule has 0 bridgehead atoms. The molecule has 1 fully saturated rings. The van der Waals surface area contributed by atoms with Gasteiger partial charge in [-0.3, -0.25) is 14.3 Å². The lowest BCUT2D eigenvalue weighted by Crippen LogP contribution is -2.54. The number of para-hydroxylation sites is 1. The second-order valence-electron chi connectivity index (χ2n) is 8.55. The van der Waals surface area contributed by atoms with Crippen molar-refractivity contribution in [2.75, 3.05) is 19.6 Å². The molecule has 0 spiro atoms. The van der Waals surface area contributed by atoms with Gasteiger partial charge in [-0.25, -0.2) is 13.4 Å². The number of nitrogens with zero attached hydrogens (tertiary/aromatic N) is 4. The predicted molar refractivity (Wildman–Crippen MR) is 126 cm³/mol. The first-order valence-corrected chi connectivity index (χ1v) is 12.5. The molecule has 32 heavy (non-hydrogen) atoms. The maximum atomic E-state index is 13.2. The second kappa shape index (κ2) is 8.77. The summed E-state index contributed by atoms with van der Waals surface area (Å²) in [6.07, 6.45) is 0.774. The molecule has 0 N–H and O–H groups in total. The zero-order valence-corrected chi connectivity index (χ0v) is 19.8. The summed E-state index contributed by atoms with van der Waals surface area (Å²) in [5.74, 6) is 0.721. The molecular weight excluding hydrogens is 424 g/mol. The van der Waals surface area contributed by atoms with E-state index in [1.54, 1.807) is 34.1 Å². The normalized spacial score (nSPS) is 19.3. The molecule has 3 aromatic rings. The molecule has 2 atom stereocenters. The van der Waals surface area contributed by atoms with E-state index in [2.05, 4.69) is 11.8 Å². The molecule has 7 nitrogen and oxygen atoms in total. The van der Waals surface area contributed by atoms with Gasteiger partial charge in [0, 0.05) is 32.7 Å². The van der Waals surface area contributed by atoms with Crippen molar-refractivity contribution in [1.29, 1.82) is 0 Å². The summed E-state index contributed by atoms with van der Waals surface area (Å²) < 4.78 is 29.7. The molecule has 1 aliphatic rings. The van der Waals surface area contributed by atoms with E-state index in [0.717, 1.165) is 17.8 Å². The van der Waals surface area contributed by atoms with Gasteiger partial charge in [0.2, 0.25) is 10.0 Å². The monoisotopic (exact) mass is 454 g/mol. The molecule has 2 aromatic carbocycles. The Bertz CT molecular complexity index is 1280. The van der Waals surface area contributed by atoms with Crippen LogP contribution in [0.25, 0.3) is 10.9 Å². The van der Waals surface area contributed by atoms with Gasteiger partial charge >= 0.3 is 0 Å².